The normalized spacial score (nSPS) is 12.3. The third kappa shape index (κ3) is 6.83. The van der Waals surface area contributed by atoms with Crippen LogP contribution in [0.4, 0.5) is 5.69 Å². The number of hydrogen-bond donors (Lipinski definition) is 2. The van der Waals surface area contributed by atoms with Gasteiger partial charge in [0.1, 0.15) is 22.4 Å². The average Bonchev–Trinajstić information content (AvgIpc) is 2.85. The maximum atomic E-state index is 13.5. The SMILES string of the molecule is CCOc1ccccc1NC(=O)C(Cc1ccccc1)NS(=O)(=O)c1cc(C(C)C)ccc1OC. The average molecular weight is 497 g/mol. The first-order valence-electron chi connectivity index (χ1n) is 11.5. The van der Waals surface area contributed by atoms with E-state index in [0.29, 0.717) is 18.0 Å². The van der Waals surface area contributed by atoms with Gasteiger partial charge in [-0.05, 0) is 54.7 Å². The predicted molar refractivity (Wildman–Crippen MR) is 138 cm³/mol. The number of anilines is 1. The molecule has 3 aromatic carbocycles. The monoisotopic (exact) mass is 496 g/mol. The molecule has 0 fully saturated rings. The van der Waals surface area contributed by atoms with Crippen LogP contribution in [-0.4, -0.2) is 34.1 Å². The number of para-hydroxylation sites is 2. The van der Waals surface area contributed by atoms with Crippen LogP contribution in [0.3, 0.4) is 0 Å². The molecule has 0 aliphatic rings. The molecule has 3 aromatic rings. The molecule has 35 heavy (non-hydrogen) atoms. The van der Waals surface area contributed by atoms with E-state index in [1.165, 1.54) is 7.11 Å². The van der Waals surface area contributed by atoms with Crippen LogP contribution in [0.5, 0.6) is 11.5 Å². The van der Waals surface area contributed by atoms with Gasteiger partial charge in [0.15, 0.2) is 0 Å². The molecule has 3 rings (SSSR count). The molecule has 186 valence electrons. The summed E-state index contributed by atoms with van der Waals surface area (Å²) in [5.41, 5.74) is 2.13. The second-order valence-corrected chi connectivity index (χ2v) is 10.0. The summed E-state index contributed by atoms with van der Waals surface area (Å²) < 4.78 is 40.6. The lowest BCUT2D eigenvalue weighted by Gasteiger charge is -2.21. The fourth-order valence-corrected chi connectivity index (χ4v) is 5.02. The van der Waals surface area contributed by atoms with Crippen molar-refractivity contribution in [2.45, 2.75) is 44.0 Å². The summed E-state index contributed by atoms with van der Waals surface area (Å²) in [5, 5.41) is 2.83. The number of rotatable bonds is 11. The molecule has 0 aromatic heterocycles. The van der Waals surface area contributed by atoms with Gasteiger partial charge < -0.3 is 14.8 Å². The van der Waals surface area contributed by atoms with E-state index in [1.807, 2.05) is 57.2 Å². The highest BCUT2D eigenvalue weighted by Gasteiger charge is 2.29. The van der Waals surface area contributed by atoms with Crippen LogP contribution in [0.2, 0.25) is 0 Å². The van der Waals surface area contributed by atoms with Crippen molar-refractivity contribution in [1.29, 1.82) is 0 Å². The van der Waals surface area contributed by atoms with Gasteiger partial charge in [0.25, 0.3) is 0 Å². The smallest absolute Gasteiger partial charge is 0.245 e. The highest BCUT2D eigenvalue weighted by atomic mass is 32.2. The van der Waals surface area contributed by atoms with Crippen LogP contribution in [0.25, 0.3) is 0 Å². The van der Waals surface area contributed by atoms with Crippen LogP contribution in [0, 0.1) is 0 Å². The minimum absolute atomic E-state index is 0.00761. The Morgan fingerprint density at radius 1 is 0.943 bits per heavy atom. The lowest BCUT2D eigenvalue weighted by molar-refractivity contribution is -0.117. The maximum absolute atomic E-state index is 13.5. The zero-order chi connectivity index (χ0) is 25.4. The van der Waals surface area contributed by atoms with Crippen molar-refractivity contribution in [3.05, 3.63) is 83.9 Å². The molecule has 8 heteroatoms. The molecular formula is C27H32N2O5S. The largest absolute Gasteiger partial charge is 0.495 e. The van der Waals surface area contributed by atoms with Crippen LogP contribution in [0.15, 0.2) is 77.7 Å². The molecule has 0 radical (unpaired) electrons. The summed E-state index contributed by atoms with van der Waals surface area (Å²) in [7, 11) is -2.68. The zero-order valence-electron chi connectivity index (χ0n) is 20.4. The van der Waals surface area contributed by atoms with Gasteiger partial charge in [0.05, 0.1) is 19.4 Å². The van der Waals surface area contributed by atoms with Crippen molar-refractivity contribution in [3.8, 4) is 11.5 Å². The lowest BCUT2D eigenvalue weighted by atomic mass is 10.0. The first-order valence-corrected chi connectivity index (χ1v) is 13.0. The summed E-state index contributed by atoms with van der Waals surface area (Å²) >= 11 is 0. The molecule has 7 nitrogen and oxygen atoms in total. The fourth-order valence-electron chi connectivity index (χ4n) is 3.62. The second-order valence-electron chi connectivity index (χ2n) is 8.35. The van der Waals surface area contributed by atoms with E-state index in [0.717, 1.165) is 11.1 Å². The number of methoxy groups -OCH3 is 1. The molecule has 2 N–H and O–H groups in total. The third-order valence-electron chi connectivity index (χ3n) is 5.49. The Morgan fingerprint density at radius 3 is 2.29 bits per heavy atom. The van der Waals surface area contributed by atoms with Crippen molar-refractivity contribution >= 4 is 21.6 Å². The molecule has 0 saturated carbocycles. The highest BCUT2D eigenvalue weighted by molar-refractivity contribution is 7.89. The fraction of sp³-hybridized carbons (Fsp3) is 0.296. The van der Waals surface area contributed by atoms with E-state index in [1.54, 1.807) is 36.4 Å². The van der Waals surface area contributed by atoms with Crippen LogP contribution < -0.4 is 19.5 Å². The Kier molecular flexibility index (Phi) is 8.89. The lowest BCUT2D eigenvalue weighted by Crippen LogP contribution is -2.45. The number of hydrogen-bond acceptors (Lipinski definition) is 5. The summed E-state index contributed by atoms with van der Waals surface area (Å²) in [6.45, 7) is 6.24. The third-order valence-corrected chi connectivity index (χ3v) is 6.98. The van der Waals surface area contributed by atoms with E-state index in [-0.39, 0.29) is 23.0 Å². The Labute approximate surface area is 207 Å². The van der Waals surface area contributed by atoms with Gasteiger partial charge in [-0.2, -0.15) is 4.72 Å². The standard InChI is InChI=1S/C27H32N2O5S/c1-5-34-24-14-10-9-13-22(24)28-27(30)23(17-20-11-7-6-8-12-20)29-35(31,32)26-18-21(19(2)3)15-16-25(26)33-4/h6-16,18-19,23,29H,5,17H2,1-4H3,(H,28,30). The van der Waals surface area contributed by atoms with Gasteiger partial charge in [-0.3, -0.25) is 4.79 Å². The van der Waals surface area contributed by atoms with Crippen molar-refractivity contribution < 1.29 is 22.7 Å². The molecule has 0 aliphatic heterocycles. The first-order chi connectivity index (χ1) is 16.7. The van der Waals surface area contributed by atoms with Crippen molar-refractivity contribution in [3.63, 3.8) is 0 Å². The van der Waals surface area contributed by atoms with Crippen molar-refractivity contribution in [2.75, 3.05) is 19.0 Å². The van der Waals surface area contributed by atoms with Gasteiger partial charge in [-0.15, -0.1) is 0 Å². The number of amides is 1. The van der Waals surface area contributed by atoms with Crippen LogP contribution >= 0.6 is 0 Å². The van der Waals surface area contributed by atoms with E-state index in [4.69, 9.17) is 9.47 Å². The molecule has 0 spiro atoms. The topological polar surface area (TPSA) is 93.7 Å². The molecule has 1 unspecified atom stereocenters. The van der Waals surface area contributed by atoms with Gasteiger partial charge in [-0.1, -0.05) is 62.4 Å². The first kappa shape index (κ1) is 26.2. The summed E-state index contributed by atoms with van der Waals surface area (Å²) in [4.78, 5) is 13.4. The molecule has 1 atom stereocenters. The Hall–Kier alpha value is -3.36. The number of ether oxygens (including phenoxy) is 2. The molecule has 0 bridgehead atoms. The molecule has 0 aliphatic carbocycles. The molecule has 0 heterocycles. The van der Waals surface area contributed by atoms with Gasteiger partial charge >= 0.3 is 0 Å². The number of benzene rings is 3. The Bertz CT molecular complexity index is 1240. The van der Waals surface area contributed by atoms with E-state index < -0.39 is 22.0 Å². The van der Waals surface area contributed by atoms with Gasteiger partial charge in [0.2, 0.25) is 15.9 Å². The number of sulfonamides is 1. The van der Waals surface area contributed by atoms with Gasteiger partial charge in [0, 0.05) is 0 Å². The molecule has 1 amide bonds. The van der Waals surface area contributed by atoms with E-state index in [2.05, 4.69) is 10.0 Å². The Morgan fingerprint density at radius 2 is 1.63 bits per heavy atom. The van der Waals surface area contributed by atoms with Crippen molar-refractivity contribution in [2.24, 2.45) is 0 Å². The quantitative estimate of drug-likeness (QED) is 0.400. The zero-order valence-corrected chi connectivity index (χ0v) is 21.3. The van der Waals surface area contributed by atoms with E-state index >= 15 is 0 Å². The molecular weight excluding hydrogens is 464 g/mol. The number of nitrogens with one attached hydrogen (secondary N) is 2. The molecule has 0 saturated heterocycles. The van der Waals surface area contributed by atoms with E-state index in [9.17, 15) is 13.2 Å². The minimum atomic E-state index is -4.10. The van der Waals surface area contributed by atoms with Gasteiger partial charge in [-0.25, -0.2) is 8.42 Å². The highest BCUT2D eigenvalue weighted by Crippen LogP contribution is 2.29. The van der Waals surface area contributed by atoms with Crippen molar-refractivity contribution in [1.82, 2.24) is 4.72 Å². The number of carbonyl (C=O) groups is 1. The summed E-state index contributed by atoms with van der Waals surface area (Å²) in [6.07, 6.45) is 0.162. The second kappa shape index (κ2) is 11.9. The predicted octanol–water partition coefficient (Wildman–Crippen LogP) is 4.75. The maximum Gasteiger partial charge on any atom is 0.245 e. The summed E-state index contributed by atoms with van der Waals surface area (Å²) in [6, 6.07) is 20.3. The van der Waals surface area contributed by atoms with Crippen LogP contribution in [-0.2, 0) is 21.2 Å². The Balaban J connectivity index is 1.96. The summed E-state index contributed by atoms with van der Waals surface area (Å²) in [5.74, 6) is 0.343. The van der Waals surface area contributed by atoms with Crippen LogP contribution in [0.1, 0.15) is 37.8 Å². The number of carbonyl (C=O) groups excluding carboxylic acids is 1. The minimum Gasteiger partial charge on any atom is -0.495 e.